The summed E-state index contributed by atoms with van der Waals surface area (Å²) in [4.78, 5) is 10.9. The fourth-order valence-corrected chi connectivity index (χ4v) is 1.98. The van der Waals surface area contributed by atoms with E-state index in [4.69, 9.17) is 10.4 Å². The molecule has 5 heteroatoms. The van der Waals surface area contributed by atoms with Gasteiger partial charge in [0.25, 0.3) is 0 Å². The van der Waals surface area contributed by atoms with E-state index in [2.05, 4.69) is 4.37 Å². The van der Waals surface area contributed by atoms with Crippen LogP contribution in [0.15, 0.2) is 29.6 Å². The molecule has 0 amide bonds. The molecule has 1 N–H and O–H groups in total. The average molecular weight is 230 g/mol. The van der Waals surface area contributed by atoms with Crippen LogP contribution >= 0.6 is 11.5 Å². The minimum absolute atomic E-state index is 0.190. The molecule has 2 aromatic rings. The summed E-state index contributed by atoms with van der Waals surface area (Å²) in [7, 11) is 0. The zero-order valence-corrected chi connectivity index (χ0v) is 8.86. The molecule has 2 rings (SSSR count). The van der Waals surface area contributed by atoms with Crippen molar-refractivity contribution in [3.63, 3.8) is 0 Å². The van der Waals surface area contributed by atoms with Crippen molar-refractivity contribution in [1.82, 2.24) is 4.37 Å². The fourth-order valence-electron chi connectivity index (χ4n) is 1.30. The summed E-state index contributed by atoms with van der Waals surface area (Å²) in [6.07, 6.45) is 0. The summed E-state index contributed by atoms with van der Waals surface area (Å²) in [5, 5.41) is 19.1. The predicted molar refractivity (Wildman–Crippen MR) is 59.2 cm³/mol. The van der Waals surface area contributed by atoms with Crippen molar-refractivity contribution >= 4 is 17.5 Å². The molecule has 0 saturated carbocycles. The molecule has 0 saturated heterocycles. The number of carboxylic acid groups (broad SMARTS) is 1. The molecule has 0 bridgehead atoms. The highest BCUT2D eigenvalue weighted by molar-refractivity contribution is 7.04. The van der Waals surface area contributed by atoms with Crippen LogP contribution < -0.4 is 0 Å². The van der Waals surface area contributed by atoms with Crippen LogP contribution in [0.1, 0.15) is 15.9 Å². The van der Waals surface area contributed by atoms with Gasteiger partial charge in [-0.1, -0.05) is 12.1 Å². The standard InChI is InChI=1S/C11H6N2O2S/c12-5-7-1-3-8(4-2-7)10-9(11(14)15)6-16-13-10/h1-4,6H,(H,14,15). The summed E-state index contributed by atoms with van der Waals surface area (Å²) in [5.74, 6) is -0.992. The van der Waals surface area contributed by atoms with Crippen molar-refractivity contribution in [1.29, 1.82) is 5.26 Å². The minimum atomic E-state index is -0.992. The van der Waals surface area contributed by atoms with Crippen molar-refractivity contribution in [2.24, 2.45) is 0 Å². The molecular weight excluding hydrogens is 224 g/mol. The molecule has 0 aliphatic rings. The quantitative estimate of drug-likeness (QED) is 0.859. The first-order chi connectivity index (χ1) is 7.72. The second kappa shape index (κ2) is 4.13. The van der Waals surface area contributed by atoms with Gasteiger partial charge in [-0.3, -0.25) is 0 Å². The Morgan fingerprint density at radius 3 is 2.62 bits per heavy atom. The summed E-state index contributed by atoms with van der Waals surface area (Å²) in [6.45, 7) is 0. The van der Waals surface area contributed by atoms with Crippen LogP contribution in [-0.2, 0) is 0 Å². The Hall–Kier alpha value is -2.19. The van der Waals surface area contributed by atoms with Gasteiger partial charge in [0, 0.05) is 10.9 Å². The van der Waals surface area contributed by atoms with Crippen LogP contribution in [-0.4, -0.2) is 15.4 Å². The molecule has 0 unspecified atom stereocenters. The van der Waals surface area contributed by atoms with Crippen molar-refractivity contribution < 1.29 is 9.90 Å². The van der Waals surface area contributed by atoms with Crippen molar-refractivity contribution in [2.75, 3.05) is 0 Å². The van der Waals surface area contributed by atoms with Crippen molar-refractivity contribution in [3.8, 4) is 17.3 Å². The number of hydrogen-bond acceptors (Lipinski definition) is 4. The number of rotatable bonds is 2. The normalized spacial score (nSPS) is 9.69. The first-order valence-electron chi connectivity index (χ1n) is 4.40. The van der Waals surface area contributed by atoms with E-state index in [9.17, 15) is 4.79 Å². The highest BCUT2D eigenvalue weighted by Crippen LogP contribution is 2.24. The Balaban J connectivity index is 2.47. The number of aromatic nitrogens is 1. The van der Waals surface area contributed by atoms with Gasteiger partial charge in [-0.2, -0.15) is 9.64 Å². The summed E-state index contributed by atoms with van der Waals surface area (Å²) < 4.78 is 4.04. The minimum Gasteiger partial charge on any atom is -0.478 e. The first-order valence-corrected chi connectivity index (χ1v) is 5.24. The second-order valence-corrected chi connectivity index (χ2v) is 3.70. The van der Waals surface area contributed by atoms with E-state index in [1.165, 1.54) is 5.38 Å². The third-order valence-electron chi connectivity index (χ3n) is 2.09. The molecule has 0 aliphatic carbocycles. The van der Waals surface area contributed by atoms with Crippen LogP contribution in [0.3, 0.4) is 0 Å². The van der Waals surface area contributed by atoms with E-state index in [0.717, 1.165) is 11.5 Å². The smallest absolute Gasteiger partial charge is 0.338 e. The van der Waals surface area contributed by atoms with Crippen LogP contribution in [0.5, 0.6) is 0 Å². The lowest BCUT2D eigenvalue weighted by molar-refractivity contribution is 0.0698. The number of hydrogen-bond donors (Lipinski definition) is 1. The Bertz CT molecular complexity index is 566. The topological polar surface area (TPSA) is 74.0 Å². The number of nitrogens with zero attached hydrogens (tertiary/aromatic N) is 2. The number of benzene rings is 1. The summed E-state index contributed by atoms with van der Waals surface area (Å²) >= 11 is 1.10. The van der Waals surface area contributed by atoms with Crippen LogP contribution in [0.4, 0.5) is 0 Å². The van der Waals surface area contributed by atoms with Gasteiger partial charge in [-0.15, -0.1) is 0 Å². The van der Waals surface area contributed by atoms with E-state index in [0.29, 0.717) is 16.8 Å². The van der Waals surface area contributed by atoms with Gasteiger partial charge in [0.05, 0.1) is 22.9 Å². The molecule has 0 spiro atoms. The Morgan fingerprint density at radius 1 is 1.38 bits per heavy atom. The lowest BCUT2D eigenvalue weighted by atomic mass is 10.1. The first kappa shape index (κ1) is 10.3. The lowest BCUT2D eigenvalue weighted by Gasteiger charge is -1.98. The molecule has 0 radical (unpaired) electrons. The van der Waals surface area contributed by atoms with Crippen molar-refractivity contribution in [3.05, 3.63) is 40.8 Å². The van der Waals surface area contributed by atoms with Gasteiger partial charge >= 0.3 is 5.97 Å². The molecule has 0 fully saturated rings. The average Bonchev–Trinajstić information content (AvgIpc) is 2.78. The molecule has 0 aliphatic heterocycles. The molecule has 4 nitrogen and oxygen atoms in total. The maximum Gasteiger partial charge on any atom is 0.338 e. The van der Waals surface area contributed by atoms with Gasteiger partial charge in [-0.05, 0) is 23.7 Å². The lowest BCUT2D eigenvalue weighted by Crippen LogP contribution is -1.96. The Morgan fingerprint density at radius 2 is 2.06 bits per heavy atom. The zero-order valence-electron chi connectivity index (χ0n) is 8.04. The molecule has 0 atom stereocenters. The molecule has 78 valence electrons. The number of aromatic carboxylic acids is 1. The second-order valence-electron chi connectivity index (χ2n) is 3.07. The zero-order chi connectivity index (χ0) is 11.5. The van der Waals surface area contributed by atoms with E-state index < -0.39 is 5.97 Å². The highest BCUT2D eigenvalue weighted by Gasteiger charge is 2.14. The molecule has 1 aromatic heterocycles. The van der Waals surface area contributed by atoms with E-state index in [1.807, 2.05) is 6.07 Å². The predicted octanol–water partition coefficient (Wildman–Crippen LogP) is 2.38. The molecule has 1 aromatic carbocycles. The highest BCUT2D eigenvalue weighted by atomic mass is 32.1. The van der Waals surface area contributed by atoms with Crippen LogP contribution in [0.25, 0.3) is 11.3 Å². The fraction of sp³-hybridized carbons (Fsp3) is 0. The Kier molecular flexibility index (Phi) is 2.66. The van der Waals surface area contributed by atoms with E-state index in [1.54, 1.807) is 24.3 Å². The SMILES string of the molecule is N#Cc1ccc(-c2nscc2C(=O)O)cc1. The van der Waals surface area contributed by atoms with Gasteiger partial charge in [0.1, 0.15) is 0 Å². The molecule has 1 heterocycles. The summed E-state index contributed by atoms with van der Waals surface area (Å²) in [5.41, 5.74) is 1.88. The van der Waals surface area contributed by atoms with Crippen molar-refractivity contribution in [2.45, 2.75) is 0 Å². The molecule has 16 heavy (non-hydrogen) atoms. The van der Waals surface area contributed by atoms with Gasteiger partial charge in [0.2, 0.25) is 0 Å². The monoisotopic (exact) mass is 230 g/mol. The van der Waals surface area contributed by atoms with Gasteiger partial charge < -0.3 is 5.11 Å². The van der Waals surface area contributed by atoms with Gasteiger partial charge in [0.15, 0.2) is 0 Å². The Labute approximate surface area is 95.6 Å². The van der Waals surface area contributed by atoms with Crippen LogP contribution in [0.2, 0.25) is 0 Å². The third kappa shape index (κ3) is 1.78. The van der Waals surface area contributed by atoms with Gasteiger partial charge in [-0.25, -0.2) is 4.79 Å². The number of carbonyl (C=O) groups is 1. The number of nitriles is 1. The van der Waals surface area contributed by atoms with E-state index in [-0.39, 0.29) is 5.56 Å². The third-order valence-corrected chi connectivity index (χ3v) is 2.72. The maximum absolute atomic E-state index is 10.9. The van der Waals surface area contributed by atoms with Crippen LogP contribution in [0, 0.1) is 11.3 Å². The summed E-state index contributed by atoms with van der Waals surface area (Å²) in [6, 6.07) is 8.67. The maximum atomic E-state index is 10.9. The largest absolute Gasteiger partial charge is 0.478 e. The number of carboxylic acids is 1. The van der Waals surface area contributed by atoms with E-state index >= 15 is 0 Å². The molecular formula is C11H6N2O2S.